The quantitative estimate of drug-likeness (QED) is 0.480. The number of ether oxygens (including phenoxy) is 2. The third kappa shape index (κ3) is 6.74. The molecule has 2 saturated heterocycles. The first-order valence-corrected chi connectivity index (χ1v) is 13.1. The summed E-state index contributed by atoms with van der Waals surface area (Å²) in [7, 11) is 1.49. The fourth-order valence-corrected chi connectivity index (χ4v) is 5.13. The van der Waals surface area contributed by atoms with Gasteiger partial charge < -0.3 is 14.4 Å². The molecule has 0 N–H and O–H groups in total. The maximum atomic E-state index is 12.4. The molecule has 190 valence electrons. The number of methoxy groups -OCH3 is 1. The van der Waals surface area contributed by atoms with Crippen molar-refractivity contribution >= 4 is 12.1 Å². The van der Waals surface area contributed by atoms with Crippen LogP contribution in [0.25, 0.3) is 0 Å². The van der Waals surface area contributed by atoms with Crippen molar-refractivity contribution in [2.45, 2.75) is 91.2 Å². The zero-order valence-corrected chi connectivity index (χ0v) is 22.1. The van der Waals surface area contributed by atoms with Crippen LogP contribution in [0.4, 0.5) is 4.79 Å². The Labute approximate surface area is 206 Å². The second-order valence-electron chi connectivity index (χ2n) is 11.0. The highest BCUT2D eigenvalue weighted by Gasteiger charge is 2.35. The zero-order chi connectivity index (χ0) is 24.9. The Bertz CT molecular complexity index is 819. The second-order valence-corrected chi connectivity index (χ2v) is 11.0. The Morgan fingerprint density at radius 3 is 2.03 bits per heavy atom. The molecule has 0 aliphatic carbocycles. The van der Waals surface area contributed by atoms with E-state index in [0.29, 0.717) is 5.92 Å². The van der Waals surface area contributed by atoms with Crippen LogP contribution in [-0.4, -0.2) is 60.8 Å². The van der Waals surface area contributed by atoms with Crippen molar-refractivity contribution in [3.63, 3.8) is 0 Å². The fraction of sp³-hybridized carbons (Fsp3) is 0.714. The van der Waals surface area contributed by atoms with Gasteiger partial charge in [-0.1, -0.05) is 38.8 Å². The predicted octanol–water partition coefficient (Wildman–Crippen LogP) is 5.31. The van der Waals surface area contributed by atoms with Gasteiger partial charge in [0.2, 0.25) is 0 Å². The number of rotatable bonds is 8. The van der Waals surface area contributed by atoms with Crippen LogP contribution in [0.1, 0.15) is 88.5 Å². The van der Waals surface area contributed by atoms with Gasteiger partial charge in [0.15, 0.2) is 0 Å². The Morgan fingerprint density at radius 2 is 1.56 bits per heavy atom. The standard InChI is InChI=1S/C28H44N2O4/c1-7-9-21-15-23(24-17-30(18-24)27(32)34-28(3,4)5)16-22(10-8-2)25(21)19-29-13-11-20(12-14-29)26(31)33-6/h15-16,20,24H,7-14,17-19H2,1-6H3. The molecular formula is C28H44N2O4. The number of carbonyl (C=O) groups is 2. The number of amides is 1. The normalized spacial score (nSPS) is 18.0. The smallest absolute Gasteiger partial charge is 0.410 e. The van der Waals surface area contributed by atoms with E-state index in [4.69, 9.17) is 9.47 Å². The first-order chi connectivity index (χ1) is 16.1. The lowest BCUT2D eigenvalue weighted by Gasteiger charge is -2.40. The highest BCUT2D eigenvalue weighted by atomic mass is 16.6. The molecule has 0 unspecified atom stereocenters. The predicted molar refractivity (Wildman–Crippen MR) is 135 cm³/mol. The third-order valence-corrected chi connectivity index (χ3v) is 7.00. The summed E-state index contributed by atoms with van der Waals surface area (Å²) in [6, 6.07) is 4.80. The molecule has 34 heavy (non-hydrogen) atoms. The van der Waals surface area contributed by atoms with Crippen molar-refractivity contribution in [2.24, 2.45) is 5.92 Å². The minimum atomic E-state index is -0.461. The van der Waals surface area contributed by atoms with Crippen molar-refractivity contribution < 1.29 is 19.1 Å². The highest BCUT2D eigenvalue weighted by molar-refractivity contribution is 5.72. The molecule has 0 aromatic heterocycles. The van der Waals surface area contributed by atoms with Crippen LogP contribution < -0.4 is 0 Å². The van der Waals surface area contributed by atoms with E-state index in [-0.39, 0.29) is 18.0 Å². The van der Waals surface area contributed by atoms with E-state index in [9.17, 15) is 9.59 Å². The van der Waals surface area contributed by atoms with Gasteiger partial charge in [-0.3, -0.25) is 9.69 Å². The summed E-state index contributed by atoms with van der Waals surface area (Å²) in [5, 5.41) is 0. The molecule has 0 saturated carbocycles. The SMILES string of the molecule is CCCc1cc(C2CN(C(=O)OC(C)(C)C)C2)cc(CCC)c1CN1CCC(C(=O)OC)CC1. The van der Waals surface area contributed by atoms with Crippen molar-refractivity contribution in [1.29, 1.82) is 0 Å². The zero-order valence-electron chi connectivity index (χ0n) is 22.1. The van der Waals surface area contributed by atoms with Gasteiger partial charge >= 0.3 is 12.1 Å². The molecule has 0 bridgehead atoms. The highest BCUT2D eigenvalue weighted by Crippen LogP contribution is 2.33. The maximum Gasteiger partial charge on any atom is 0.410 e. The monoisotopic (exact) mass is 472 g/mol. The van der Waals surface area contributed by atoms with Crippen molar-refractivity contribution in [1.82, 2.24) is 9.80 Å². The van der Waals surface area contributed by atoms with Crippen LogP contribution in [0.5, 0.6) is 0 Å². The number of benzene rings is 1. The largest absolute Gasteiger partial charge is 0.469 e. The number of piperidine rings is 1. The Kier molecular flexibility index (Phi) is 9.02. The van der Waals surface area contributed by atoms with Crippen LogP contribution in [0.3, 0.4) is 0 Å². The number of likely N-dealkylation sites (tertiary alicyclic amines) is 2. The minimum absolute atomic E-state index is 0.0420. The van der Waals surface area contributed by atoms with Crippen LogP contribution in [0, 0.1) is 5.92 Å². The van der Waals surface area contributed by atoms with Gasteiger partial charge in [0.25, 0.3) is 0 Å². The fourth-order valence-electron chi connectivity index (χ4n) is 5.13. The molecule has 0 atom stereocenters. The number of hydrogen-bond donors (Lipinski definition) is 0. The van der Waals surface area contributed by atoms with Gasteiger partial charge in [0.05, 0.1) is 13.0 Å². The summed E-state index contributed by atoms with van der Waals surface area (Å²) in [5.41, 5.74) is 5.29. The Hall–Kier alpha value is -2.08. The van der Waals surface area contributed by atoms with E-state index < -0.39 is 5.60 Å². The number of aryl methyl sites for hydroxylation is 2. The summed E-state index contributed by atoms with van der Waals surface area (Å²) in [5.74, 6) is 0.354. The van der Waals surface area contributed by atoms with E-state index in [2.05, 4.69) is 30.9 Å². The number of esters is 1. The molecule has 3 rings (SSSR count). The van der Waals surface area contributed by atoms with Crippen molar-refractivity contribution in [3.8, 4) is 0 Å². The Morgan fingerprint density at radius 1 is 1.00 bits per heavy atom. The van der Waals surface area contributed by atoms with Crippen LogP contribution in [0.2, 0.25) is 0 Å². The van der Waals surface area contributed by atoms with Crippen molar-refractivity contribution in [3.05, 3.63) is 34.4 Å². The summed E-state index contributed by atoms with van der Waals surface area (Å²) in [6.45, 7) is 14.5. The maximum absolute atomic E-state index is 12.4. The first-order valence-electron chi connectivity index (χ1n) is 13.1. The van der Waals surface area contributed by atoms with Gasteiger partial charge in [-0.15, -0.1) is 0 Å². The van der Waals surface area contributed by atoms with Crippen LogP contribution in [0.15, 0.2) is 12.1 Å². The van der Waals surface area contributed by atoms with Gasteiger partial charge in [0, 0.05) is 25.6 Å². The molecule has 2 fully saturated rings. The van der Waals surface area contributed by atoms with E-state index in [0.717, 1.165) is 71.2 Å². The second kappa shape index (κ2) is 11.6. The van der Waals surface area contributed by atoms with Gasteiger partial charge in [-0.05, 0) is 81.8 Å². The van der Waals surface area contributed by atoms with Crippen LogP contribution >= 0.6 is 0 Å². The summed E-state index contributed by atoms with van der Waals surface area (Å²) in [6.07, 6.45) is 5.90. The molecule has 2 aliphatic rings. The van der Waals surface area contributed by atoms with E-state index in [1.807, 2.05) is 25.7 Å². The van der Waals surface area contributed by atoms with E-state index >= 15 is 0 Å². The number of hydrogen-bond acceptors (Lipinski definition) is 5. The van der Waals surface area contributed by atoms with E-state index in [1.165, 1.54) is 29.4 Å². The van der Waals surface area contributed by atoms with Gasteiger partial charge in [-0.2, -0.15) is 0 Å². The number of carbonyl (C=O) groups excluding carboxylic acids is 2. The molecule has 2 heterocycles. The molecule has 0 spiro atoms. The topological polar surface area (TPSA) is 59.1 Å². The lowest BCUT2D eigenvalue weighted by Crippen LogP contribution is -2.50. The summed E-state index contributed by atoms with van der Waals surface area (Å²) < 4.78 is 10.5. The summed E-state index contributed by atoms with van der Waals surface area (Å²) in [4.78, 5) is 28.6. The molecule has 1 aromatic carbocycles. The number of nitrogens with zero attached hydrogens (tertiary/aromatic N) is 2. The molecule has 1 aromatic rings. The molecule has 6 nitrogen and oxygen atoms in total. The molecular weight excluding hydrogens is 428 g/mol. The first kappa shape index (κ1) is 26.5. The van der Waals surface area contributed by atoms with E-state index in [1.54, 1.807) is 0 Å². The van der Waals surface area contributed by atoms with Gasteiger partial charge in [0.1, 0.15) is 5.60 Å². The average molecular weight is 473 g/mol. The summed E-state index contributed by atoms with van der Waals surface area (Å²) >= 11 is 0. The molecule has 6 heteroatoms. The lowest BCUT2D eigenvalue weighted by atomic mass is 9.84. The molecule has 2 aliphatic heterocycles. The average Bonchev–Trinajstić information content (AvgIpc) is 2.74. The molecule has 0 radical (unpaired) electrons. The molecule has 1 amide bonds. The Balaban J connectivity index is 1.73. The van der Waals surface area contributed by atoms with Crippen molar-refractivity contribution in [2.75, 3.05) is 33.3 Å². The minimum Gasteiger partial charge on any atom is -0.469 e. The van der Waals surface area contributed by atoms with Crippen LogP contribution in [-0.2, 0) is 33.7 Å². The van der Waals surface area contributed by atoms with Gasteiger partial charge in [-0.25, -0.2) is 4.79 Å². The lowest BCUT2D eigenvalue weighted by molar-refractivity contribution is -0.147. The third-order valence-electron chi connectivity index (χ3n) is 7.00.